The number of alkyl halides is 3. The van der Waals surface area contributed by atoms with Crippen LogP contribution in [-0.2, 0) is 8.98 Å². The van der Waals surface area contributed by atoms with Crippen molar-refractivity contribution in [3.8, 4) is 5.75 Å². The van der Waals surface area contributed by atoms with Crippen LogP contribution >= 0.6 is 12.0 Å². The lowest BCUT2D eigenvalue weighted by Gasteiger charge is -2.05. The van der Waals surface area contributed by atoms with E-state index in [1.54, 1.807) is 12.1 Å². The minimum Gasteiger partial charge on any atom is -0.497 e. The Bertz CT molecular complexity index is 361. The molecule has 0 aromatic heterocycles. The monoisotopic (exact) mass is 252 g/mol. The number of hydrogen-bond acceptors (Lipinski definition) is 4. The number of benzene rings is 1. The molecule has 1 rings (SSSR count). The summed E-state index contributed by atoms with van der Waals surface area (Å²) >= 11 is 0.349. The lowest BCUT2D eigenvalue weighted by Crippen LogP contribution is -2.23. The standard InChI is InChI=1S/C9H7F3O3S/c1-14-6-2-4-7(5-3-6)16-15-8(13)9(10,11)12/h2-5H,1H3. The topological polar surface area (TPSA) is 35.5 Å². The molecule has 0 radical (unpaired) electrons. The van der Waals surface area contributed by atoms with Crippen molar-refractivity contribution < 1.29 is 26.9 Å². The van der Waals surface area contributed by atoms with Crippen molar-refractivity contribution in [1.82, 2.24) is 0 Å². The van der Waals surface area contributed by atoms with Crippen molar-refractivity contribution >= 4 is 18.0 Å². The molecule has 0 spiro atoms. The molecule has 0 atom stereocenters. The van der Waals surface area contributed by atoms with Crippen LogP contribution in [0.3, 0.4) is 0 Å². The molecule has 16 heavy (non-hydrogen) atoms. The summed E-state index contributed by atoms with van der Waals surface area (Å²) in [7, 11) is 1.46. The molecule has 1 aromatic rings. The second-order valence-corrected chi connectivity index (χ2v) is 3.43. The molecule has 0 saturated heterocycles. The van der Waals surface area contributed by atoms with Crippen molar-refractivity contribution in [3.63, 3.8) is 0 Å². The second-order valence-electron chi connectivity index (χ2n) is 2.63. The second kappa shape index (κ2) is 5.11. The van der Waals surface area contributed by atoms with Crippen LogP contribution in [0.15, 0.2) is 29.2 Å². The van der Waals surface area contributed by atoms with Gasteiger partial charge in [-0.3, -0.25) is 0 Å². The van der Waals surface area contributed by atoms with Gasteiger partial charge in [0.25, 0.3) is 0 Å². The van der Waals surface area contributed by atoms with Crippen molar-refractivity contribution in [1.29, 1.82) is 0 Å². The third-order valence-corrected chi connectivity index (χ3v) is 2.20. The highest BCUT2D eigenvalue weighted by atomic mass is 32.2. The third-order valence-electron chi connectivity index (χ3n) is 1.50. The molecule has 0 N–H and O–H groups in total. The van der Waals surface area contributed by atoms with E-state index in [4.69, 9.17) is 4.74 Å². The molecule has 0 saturated carbocycles. The van der Waals surface area contributed by atoms with Crippen LogP contribution in [-0.4, -0.2) is 19.3 Å². The van der Waals surface area contributed by atoms with E-state index in [0.717, 1.165) is 0 Å². The molecular formula is C9H7F3O3S. The molecule has 0 aliphatic heterocycles. The van der Waals surface area contributed by atoms with Gasteiger partial charge in [-0.15, -0.1) is 0 Å². The van der Waals surface area contributed by atoms with Gasteiger partial charge >= 0.3 is 12.1 Å². The zero-order valence-corrected chi connectivity index (χ0v) is 8.89. The van der Waals surface area contributed by atoms with E-state index < -0.39 is 12.1 Å². The maximum atomic E-state index is 11.8. The zero-order valence-electron chi connectivity index (χ0n) is 8.08. The van der Waals surface area contributed by atoms with Gasteiger partial charge < -0.3 is 8.92 Å². The van der Waals surface area contributed by atoms with Crippen LogP contribution in [0.2, 0.25) is 0 Å². The lowest BCUT2D eigenvalue weighted by atomic mass is 10.3. The number of rotatable bonds is 3. The molecule has 0 aliphatic rings. The first-order valence-electron chi connectivity index (χ1n) is 4.03. The largest absolute Gasteiger partial charge is 0.497 e. The maximum absolute atomic E-state index is 11.8. The van der Waals surface area contributed by atoms with Crippen molar-refractivity contribution in [3.05, 3.63) is 24.3 Å². The van der Waals surface area contributed by atoms with E-state index in [1.165, 1.54) is 19.2 Å². The number of carbonyl (C=O) groups excluding carboxylic acids is 1. The van der Waals surface area contributed by atoms with Crippen LogP contribution < -0.4 is 4.74 Å². The highest BCUT2D eigenvalue weighted by Crippen LogP contribution is 2.26. The van der Waals surface area contributed by atoms with Gasteiger partial charge in [0.05, 0.1) is 19.2 Å². The van der Waals surface area contributed by atoms with Gasteiger partial charge in [0.2, 0.25) is 0 Å². The number of ether oxygens (including phenoxy) is 1. The van der Waals surface area contributed by atoms with Crippen LogP contribution in [0.5, 0.6) is 5.75 Å². The van der Waals surface area contributed by atoms with Crippen LogP contribution in [0.25, 0.3) is 0 Å². The van der Waals surface area contributed by atoms with Gasteiger partial charge in [-0.25, -0.2) is 4.79 Å². The van der Waals surface area contributed by atoms with E-state index in [0.29, 0.717) is 22.7 Å². The molecule has 88 valence electrons. The Kier molecular flexibility index (Phi) is 4.05. The summed E-state index contributed by atoms with van der Waals surface area (Å²) in [6.45, 7) is 0. The Labute approximate surface area is 93.7 Å². The van der Waals surface area contributed by atoms with E-state index in [9.17, 15) is 18.0 Å². The smallest absolute Gasteiger partial charge is 0.492 e. The zero-order chi connectivity index (χ0) is 12.2. The van der Waals surface area contributed by atoms with Crippen LogP contribution in [0.1, 0.15) is 0 Å². The van der Waals surface area contributed by atoms with E-state index in [2.05, 4.69) is 4.18 Å². The Hall–Kier alpha value is -1.37. The quantitative estimate of drug-likeness (QED) is 0.775. The highest BCUT2D eigenvalue weighted by molar-refractivity contribution is 7.95. The summed E-state index contributed by atoms with van der Waals surface area (Å²) in [6.07, 6.45) is -4.97. The summed E-state index contributed by atoms with van der Waals surface area (Å²) in [5.74, 6) is -1.67. The molecule has 0 aliphatic carbocycles. The maximum Gasteiger partial charge on any atom is 0.492 e. The predicted octanol–water partition coefficient (Wildman–Crippen LogP) is 2.81. The Morgan fingerprint density at radius 2 is 1.81 bits per heavy atom. The van der Waals surface area contributed by atoms with Gasteiger partial charge in [0, 0.05) is 4.90 Å². The fourth-order valence-electron chi connectivity index (χ4n) is 0.764. The summed E-state index contributed by atoms with van der Waals surface area (Å²) in [5.41, 5.74) is 0. The molecule has 0 bridgehead atoms. The number of methoxy groups -OCH3 is 1. The molecule has 0 heterocycles. The first-order valence-corrected chi connectivity index (χ1v) is 4.77. The van der Waals surface area contributed by atoms with Crippen LogP contribution in [0, 0.1) is 0 Å². The molecule has 7 heteroatoms. The van der Waals surface area contributed by atoms with E-state index in [1.807, 2.05) is 0 Å². The number of carbonyl (C=O) groups is 1. The molecular weight excluding hydrogens is 245 g/mol. The van der Waals surface area contributed by atoms with Gasteiger partial charge in [0.1, 0.15) is 5.75 Å². The van der Waals surface area contributed by atoms with Gasteiger partial charge in [-0.1, -0.05) is 0 Å². The summed E-state index contributed by atoms with van der Waals surface area (Å²) in [6, 6.07) is 6.05. The van der Waals surface area contributed by atoms with Gasteiger partial charge in [-0.05, 0) is 24.3 Å². The Balaban J connectivity index is 2.52. The third kappa shape index (κ3) is 3.65. The summed E-state index contributed by atoms with van der Waals surface area (Å²) in [5, 5.41) is 0. The van der Waals surface area contributed by atoms with Gasteiger partial charge in [0.15, 0.2) is 0 Å². The fourth-order valence-corrected chi connectivity index (χ4v) is 1.28. The van der Waals surface area contributed by atoms with Crippen molar-refractivity contribution in [2.24, 2.45) is 0 Å². The average Bonchev–Trinajstić information content (AvgIpc) is 2.25. The minimum absolute atomic E-state index is 0.349. The first-order chi connectivity index (χ1) is 7.43. The van der Waals surface area contributed by atoms with Gasteiger partial charge in [-0.2, -0.15) is 13.2 Å². The number of halogens is 3. The molecule has 0 fully saturated rings. The predicted molar refractivity (Wildman–Crippen MR) is 51.0 cm³/mol. The fraction of sp³-hybridized carbons (Fsp3) is 0.222. The average molecular weight is 252 g/mol. The highest BCUT2D eigenvalue weighted by Gasteiger charge is 2.41. The first kappa shape index (κ1) is 12.7. The van der Waals surface area contributed by atoms with Crippen molar-refractivity contribution in [2.75, 3.05) is 7.11 Å². The SMILES string of the molecule is COc1ccc(SOC(=O)C(F)(F)F)cc1. The van der Waals surface area contributed by atoms with Crippen molar-refractivity contribution in [2.45, 2.75) is 11.1 Å². The number of hydrogen-bond donors (Lipinski definition) is 0. The lowest BCUT2D eigenvalue weighted by molar-refractivity contribution is -0.188. The van der Waals surface area contributed by atoms with E-state index in [-0.39, 0.29) is 0 Å². The molecule has 1 aromatic carbocycles. The van der Waals surface area contributed by atoms with E-state index >= 15 is 0 Å². The normalized spacial score (nSPS) is 11.0. The Morgan fingerprint density at radius 1 is 1.25 bits per heavy atom. The summed E-state index contributed by atoms with van der Waals surface area (Å²) in [4.78, 5) is 10.7. The minimum atomic E-state index is -4.97. The van der Waals surface area contributed by atoms with Crippen LogP contribution in [0.4, 0.5) is 13.2 Å². The molecule has 0 unspecified atom stereocenters. The molecule has 3 nitrogen and oxygen atoms in total. The molecule has 0 amide bonds. The summed E-state index contributed by atoms with van der Waals surface area (Å²) < 4.78 is 44.1. The Morgan fingerprint density at radius 3 is 2.25 bits per heavy atom.